The summed E-state index contributed by atoms with van der Waals surface area (Å²) < 4.78 is 5.25. The average molecular weight is 272 g/mol. The van der Waals surface area contributed by atoms with E-state index < -0.39 is 17.4 Å². The fourth-order valence-corrected chi connectivity index (χ4v) is 2.18. The van der Waals surface area contributed by atoms with Crippen molar-refractivity contribution in [3.8, 4) is 0 Å². The zero-order valence-electron chi connectivity index (χ0n) is 12.1. The molecule has 2 amide bonds. The van der Waals surface area contributed by atoms with Crippen molar-refractivity contribution in [2.45, 2.75) is 45.8 Å². The molecule has 1 rings (SSSR count). The van der Waals surface area contributed by atoms with E-state index in [-0.39, 0.29) is 12.1 Å². The van der Waals surface area contributed by atoms with Crippen LogP contribution < -0.4 is 5.32 Å². The highest BCUT2D eigenvalue weighted by Gasteiger charge is 2.34. The number of aliphatic carboxylic acids is 1. The minimum atomic E-state index is -1.01. The number of ether oxygens (including phenoxy) is 1. The molecule has 0 saturated carbocycles. The summed E-state index contributed by atoms with van der Waals surface area (Å²) in [6.45, 7) is 6.53. The van der Waals surface area contributed by atoms with Crippen molar-refractivity contribution in [3.05, 3.63) is 0 Å². The molecule has 0 aliphatic carbocycles. The Morgan fingerprint density at radius 1 is 1.42 bits per heavy atom. The number of amides is 2. The highest BCUT2D eigenvalue weighted by Crippen LogP contribution is 2.20. The Labute approximate surface area is 114 Å². The number of piperidine rings is 1. The Morgan fingerprint density at radius 2 is 2.05 bits per heavy atom. The zero-order valence-corrected chi connectivity index (χ0v) is 12.1. The van der Waals surface area contributed by atoms with Crippen molar-refractivity contribution in [1.82, 2.24) is 10.2 Å². The van der Waals surface area contributed by atoms with Crippen molar-refractivity contribution in [2.75, 3.05) is 20.2 Å². The first-order chi connectivity index (χ1) is 8.75. The smallest absolute Gasteiger partial charge is 0.326 e. The van der Waals surface area contributed by atoms with Gasteiger partial charge in [-0.1, -0.05) is 20.8 Å². The van der Waals surface area contributed by atoms with Gasteiger partial charge in [0.1, 0.15) is 6.04 Å². The second kappa shape index (κ2) is 6.23. The van der Waals surface area contributed by atoms with Crippen LogP contribution in [0.5, 0.6) is 0 Å². The van der Waals surface area contributed by atoms with Crippen LogP contribution in [0.2, 0.25) is 0 Å². The number of rotatable bonds is 3. The zero-order chi connectivity index (χ0) is 14.6. The fourth-order valence-electron chi connectivity index (χ4n) is 2.18. The molecule has 2 N–H and O–H groups in total. The van der Waals surface area contributed by atoms with E-state index in [0.717, 1.165) is 12.8 Å². The van der Waals surface area contributed by atoms with Crippen LogP contribution in [-0.2, 0) is 9.53 Å². The summed E-state index contributed by atoms with van der Waals surface area (Å²) in [5.74, 6) is -1.01. The third-order valence-corrected chi connectivity index (χ3v) is 3.38. The van der Waals surface area contributed by atoms with Crippen molar-refractivity contribution < 1.29 is 19.4 Å². The molecule has 110 valence electrons. The minimum absolute atomic E-state index is 0.0393. The van der Waals surface area contributed by atoms with Crippen LogP contribution in [0.15, 0.2) is 0 Å². The molecule has 6 heteroatoms. The van der Waals surface area contributed by atoms with Gasteiger partial charge < -0.3 is 20.1 Å². The normalized spacial score (nSPS) is 21.9. The highest BCUT2D eigenvalue weighted by atomic mass is 16.5. The Bertz CT molecular complexity index is 338. The third-order valence-electron chi connectivity index (χ3n) is 3.38. The van der Waals surface area contributed by atoms with Crippen LogP contribution in [0, 0.1) is 5.41 Å². The van der Waals surface area contributed by atoms with Crippen LogP contribution >= 0.6 is 0 Å². The number of urea groups is 1. The largest absolute Gasteiger partial charge is 0.480 e. The maximum Gasteiger partial charge on any atom is 0.326 e. The Hall–Kier alpha value is -1.30. The molecule has 1 saturated heterocycles. The standard InChI is InChI=1S/C13H24N2O4/c1-13(2,3)10(11(16)17)14-12(18)15-7-5-6-9(8-15)19-4/h9-10H,5-8H2,1-4H3,(H,14,18)(H,16,17). The summed E-state index contributed by atoms with van der Waals surface area (Å²) in [5.41, 5.74) is -0.530. The molecule has 0 radical (unpaired) electrons. The number of carbonyl (C=O) groups is 2. The summed E-state index contributed by atoms with van der Waals surface area (Å²) in [6.07, 6.45) is 1.85. The molecule has 19 heavy (non-hydrogen) atoms. The molecule has 2 unspecified atom stereocenters. The number of hydrogen-bond donors (Lipinski definition) is 2. The number of carboxylic acid groups (broad SMARTS) is 1. The molecular formula is C13H24N2O4. The van der Waals surface area contributed by atoms with E-state index in [9.17, 15) is 14.7 Å². The van der Waals surface area contributed by atoms with Gasteiger partial charge in [0.25, 0.3) is 0 Å². The molecule has 0 spiro atoms. The van der Waals surface area contributed by atoms with E-state index in [4.69, 9.17) is 4.74 Å². The second-order valence-corrected chi connectivity index (χ2v) is 6.03. The number of nitrogens with one attached hydrogen (secondary N) is 1. The number of likely N-dealkylation sites (tertiary alicyclic amines) is 1. The first-order valence-corrected chi connectivity index (χ1v) is 6.56. The number of methoxy groups -OCH3 is 1. The van der Waals surface area contributed by atoms with Crippen molar-refractivity contribution in [1.29, 1.82) is 0 Å². The first kappa shape index (κ1) is 15.8. The van der Waals surface area contributed by atoms with E-state index >= 15 is 0 Å². The molecule has 1 aliphatic rings. The fraction of sp³-hybridized carbons (Fsp3) is 0.846. The van der Waals surface area contributed by atoms with Crippen LogP contribution in [0.1, 0.15) is 33.6 Å². The molecular weight excluding hydrogens is 248 g/mol. The number of hydrogen-bond acceptors (Lipinski definition) is 3. The molecule has 1 fully saturated rings. The summed E-state index contributed by atoms with van der Waals surface area (Å²) in [4.78, 5) is 25.0. The molecule has 1 heterocycles. The number of nitrogens with zero attached hydrogens (tertiary/aromatic N) is 1. The predicted molar refractivity (Wildman–Crippen MR) is 71.0 cm³/mol. The van der Waals surface area contributed by atoms with Gasteiger partial charge in [-0.25, -0.2) is 9.59 Å². The van der Waals surface area contributed by atoms with Gasteiger partial charge >= 0.3 is 12.0 Å². The summed E-state index contributed by atoms with van der Waals surface area (Å²) in [5, 5.41) is 11.8. The van der Waals surface area contributed by atoms with Gasteiger partial charge in [-0.3, -0.25) is 0 Å². The number of carboxylic acids is 1. The lowest BCUT2D eigenvalue weighted by Gasteiger charge is -2.35. The SMILES string of the molecule is COC1CCCN(C(=O)NC(C(=O)O)C(C)(C)C)C1. The van der Waals surface area contributed by atoms with Crippen molar-refractivity contribution in [3.63, 3.8) is 0 Å². The van der Waals surface area contributed by atoms with Crippen molar-refractivity contribution >= 4 is 12.0 Å². The second-order valence-electron chi connectivity index (χ2n) is 6.03. The van der Waals surface area contributed by atoms with E-state index in [1.807, 2.05) is 0 Å². The summed E-state index contributed by atoms with van der Waals surface area (Å²) in [6, 6.07) is -1.23. The van der Waals surface area contributed by atoms with Gasteiger partial charge in [0.2, 0.25) is 0 Å². The topological polar surface area (TPSA) is 78.9 Å². The van der Waals surface area contributed by atoms with Gasteiger partial charge in [-0.05, 0) is 18.3 Å². The highest BCUT2D eigenvalue weighted by molar-refractivity contribution is 5.83. The molecule has 0 aromatic rings. The molecule has 0 bridgehead atoms. The molecule has 6 nitrogen and oxygen atoms in total. The lowest BCUT2D eigenvalue weighted by molar-refractivity contribution is -0.142. The maximum absolute atomic E-state index is 12.1. The third kappa shape index (κ3) is 4.38. The average Bonchev–Trinajstić information content (AvgIpc) is 2.33. The van der Waals surface area contributed by atoms with Gasteiger partial charge in [0.05, 0.1) is 6.10 Å². The number of carbonyl (C=O) groups excluding carboxylic acids is 1. The van der Waals surface area contributed by atoms with Crippen LogP contribution in [0.4, 0.5) is 4.79 Å². The molecule has 0 aromatic heterocycles. The van der Waals surface area contributed by atoms with Crippen LogP contribution in [0.25, 0.3) is 0 Å². The molecule has 2 atom stereocenters. The molecule has 0 aromatic carbocycles. The summed E-state index contributed by atoms with van der Waals surface area (Å²) >= 11 is 0. The van der Waals surface area contributed by atoms with E-state index in [1.54, 1.807) is 32.8 Å². The predicted octanol–water partition coefficient (Wildman–Crippen LogP) is 1.31. The van der Waals surface area contributed by atoms with Gasteiger partial charge in [0, 0.05) is 20.2 Å². The van der Waals surface area contributed by atoms with Crippen LogP contribution in [0.3, 0.4) is 0 Å². The van der Waals surface area contributed by atoms with Crippen LogP contribution in [-0.4, -0.2) is 54.4 Å². The lowest BCUT2D eigenvalue weighted by atomic mass is 9.87. The maximum atomic E-state index is 12.1. The Morgan fingerprint density at radius 3 is 2.53 bits per heavy atom. The van der Waals surface area contributed by atoms with Gasteiger partial charge in [-0.15, -0.1) is 0 Å². The first-order valence-electron chi connectivity index (χ1n) is 6.56. The van der Waals surface area contributed by atoms with Gasteiger partial charge in [0.15, 0.2) is 0 Å². The van der Waals surface area contributed by atoms with Crippen molar-refractivity contribution in [2.24, 2.45) is 5.41 Å². The summed E-state index contributed by atoms with van der Waals surface area (Å²) in [7, 11) is 1.63. The quantitative estimate of drug-likeness (QED) is 0.812. The monoisotopic (exact) mass is 272 g/mol. The van der Waals surface area contributed by atoms with E-state index in [0.29, 0.717) is 13.1 Å². The van der Waals surface area contributed by atoms with E-state index in [2.05, 4.69) is 5.32 Å². The Kier molecular flexibility index (Phi) is 5.17. The lowest BCUT2D eigenvalue weighted by Crippen LogP contribution is -2.55. The van der Waals surface area contributed by atoms with Gasteiger partial charge in [-0.2, -0.15) is 0 Å². The van der Waals surface area contributed by atoms with E-state index in [1.165, 1.54) is 0 Å². The molecule has 1 aliphatic heterocycles. The Balaban J connectivity index is 2.64. The minimum Gasteiger partial charge on any atom is -0.480 e.